The Morgan fingerprint density at radius 2 is 1.87 bits per heavy atom. The molecule has 0 aliphatic rings. The topological polar surface area (TPSA) is 12.0 Å². The normalized spacial score (nSPS) is 11.8. The summed E-state index contributed by atoms with van der Waals surface area (Å²) < 4.78 is 0. The summed E-state index contributed by atoms with van der Waals surface area (Å²) in [5, 5.41) is 3.38. The molecule has 0 amide bonds. The Morgan fingerprint density at radius 1 is 1.20 bits per heavy atom. The Hall–Kier alpha value is -0.820. The summed E-state index contributed by atoms with van der Waals surface area (Å²) in [5.41, 5.74) is 4.46. The van der Waals surface area contributed by atoms with Gasteiger partial charge >= 0.3 is 0 Å². The van der Waals surface area contributed by atoms with Crippen molar-refractivity contribution in [2.45, 2.75) is 46.6 Å². The number of rotatable bonds is 3. The third-order valence-corrected chi connectivity index (χ3v) is 2.78. The molecule has 1 nitrogen and oxygen atoms in total. The Labute approximate surface area is 93.9 Å². The van der Waals surface area contributed by atoms with Crippen LogP contribution in [0, 0.1) is 6.92 Å². The fourth-order valence-electron chi connectivity index (χ4n) is 1.59. The van der Waals surface area contributed by atoms with E-state index in [0.29, 0.717) is 0 Å². The highest BCUT2D eigenvalue weighted by Gasteiger charge is 2.14. The smallest absolute Gasteiger partial charge is 0.0208 e. The second-order valence-electron chi connectivity index (χ2n) is 5.17. The van der Waals surface area contributed by atoms with Crippen LogP contribution < -0.4 is 5.32 Å². The van der Waals surface area contributed by atoms with Crippen molar-refractivity contribution in [3.63, 3.8) is 0 Å². The highest BCUT2D eigenvalue weighted by Crippen LogP contribution is 2.24. The van der Waals surface area contributed by atoms with Crippen molar-refractivity contribution in [2.75, 3.05) is 6.54 Å². The van der Waals surface area contributed by atoms with E-state index in [4.69, 9.17) is 0 Å². The zero-order chi connectivity index (χ0) is 11.5. The minimum absolute atomic E-state index is 0.245. The average molecular weight is 205 g/mol. The fraction of sp³-hybridized carbons (Fsp3) is 0.571. The summed E-state index contributed by atoms with van der Waals surface area (Å²) in [5.74, 6) is 0. The van der Waals surface area contributed by atoms with Crippen molar-refractivity contribution >= 4 is 0 Å². The average Bonchev–Trinajstić information content (AvgIpc) is 2.15. The maximum atomic E-state index is 3.38. The minimum atomic E-state index is 0.245. The van der Waals surface area contributed by atoms with Crippen LogP contribution in [0.1, 0.15) is 44.4 Å². The van der Waals surface area contributed by atoms with Crippen molar-refractivity contribution in [1.82, 2.24) is 5.32 Å². The molecule has 0 atom stereocenters. The first-order chi connectivity index (χ1) is 6.95. The highest BCUT2D eigenvalue weighted by molar-refractivity contribution is 5.34. The Kier molecular flexibility index (Phi) is 3.92. The lowest BCUT2D eigenvalue weighted by molar-refractivity contribution is 0.588. The Morgan fingerprint density at radius 3 is 2.40 bits per heavy atom. The quantitative estimate of drug-likeness (QED) is 0.797. The molecular weight excluding hydrogens is 182 g/mol. The molecule has 0 aliphatic carbocycles. The van der Waals surface area contributed by atoms with E-state index < -0.39 is 0 Å². The maximum Gasteiger partial charge on any atom is 0.0208 e. The first-order valence-electron chi connectivity index (χ1n) is 5.76. The molecule has 0 aliphatic heterocycles. The van der Waals surface area contributed by atoms with Gasteiger partial charge in [-0.2, -0.15) is 0 Å². The lowest BCUT2D eigenvalue weighted by atomic mass is 9.85. The van der Waals surface area contributed by atoms with Crippen molar-refractivity contribution in [2.24, 2.45) is 0 Å². The van der Waals surface area contributed by atoms with Crippen LogP contribution in [-0.2, 0) is 12.0 Å². The van der Waals surface area contributed by atoms with Crippen LogP contribution in [0.25, 0.3) is 0 Å². The van der Waals surface area contributed by atoms with Gasteiger partial charge in [0.1, 0.15) is 0 Å². The van der Waals surface area contributed by atoms with Gasteiger partial charge < -0.3 is 5.32 Å². The number of hydrogen-bond donors (Lipinski definition) is 1. The summed E-state index contributed by atoms with van der Waals surface area (Å²) in [6.45, 7) is 13.1. The summed E-state index contributed by atoms with van der Waals surface area (Å²) >= 11 is 0. The van der Waals surface area contributed by atoms with Crippen LogP contribution in [0.15, 0.2) is 18.2 Å². The second kappa shape index (κ2) is 4.80. The summed E-state index contributed by atoms with van der Waals surface area (Å²) in [6, 6.07) is 6.80. The van der Waals surface area contributed by atoms with E-state index in [1.807, 2.05) is 0 Å². The molecule has 0 fully saturated rings. The first-order valence-corrected chi connectivity index (χ1v) is 5.76. The Balaban J connectivity index is 2.95. The molecule has 1 aromatic carbocycles. The highest BCUT2D eigenvalue weighted by atomic mass is 14.8. The van der Waals surface area contributed by atoms with Crippen LogP contribution in [0.3, 0.4) is 0 Å². The molecule has 0 bridgehead atoms. The van der Waals surface area contributed by atoms with Gasteiger partial charge in [0.15, 0.2) is 0 Å². The second-order valence-corrected chi connectivity index (χ2v) is 5.17. The molecule has 1 rings (SSSR count). The van der Waals surface area contributed by atoms with Crippen LogP contribution in [-0.4, -0.2) is 6.54 Å². The Bertz CT molecular complexity index is 321. The predicted octanol–water partition coefficient (Wildman–Crippen LogP) is 3.40. The number of nitrogens with one attached hydrogen (secondary N) is 1. The van der Waals surface area contributed by atoms with E-state index >= 15 is 0 Å². The van der Waals surface area contributed by atoms with Crippen LogP contribution in [0.5, 0.6) is 0 Å². The number of hydrogen-bond acceptors (Lipinski definition) is 1. The van der Waals surface area contributed by atoms with Gasteiger partial charge in [-0.1, -0.05) is 45.9 Å². The standard InChI is InChI=1S/C14H23N/c1-6-15-10-12-9-13(14(3,4)5)8-7-11(12)2/h7-9,15H,6,10H2,1-5H3. The molecule has 0 aromatic heterocycles. The molecule has 0 saturated heterocycles. The van der Waals surface area contributed by atoms with Gasteiger partial charge in [0.2, 0.25) is 0 Å². The van der Waals surface area contributed by atoms with Gasteiger partial charge in [-0.15, -0.1) is 0 Å². The predicted molar refractivity (Wildman–Crippen MR) is 67.3 cm³/mol. The van der Waals surface area contributed by atoms with Crippen molar-refractivity contribution in [1.29, 1.82) is 0 Å². The molecule has 0 radical (unpaired) electrons. The van der Waals surface area contributed by atoms with Crippen LogP contribution >= 0.6 is 0 Å². The van der Waals surface area contributed by atoms with E-state index in [1.54, 1.807) is 0 Å². The first kappa shape index (κ1) is 12.3. The molecule has 0 heterocycles. The summed E-state index contributed by atoms with van der Waals surface area (Å²) in [4.78, 5) is 0. The van der Waals surface area contributed by atoms with Crippen LogP contribution in [0.4, 0.5) is 0 Å². The zero-order valence-electron chi connectivity index (χ0n) is 10.6. The third-order valence-electron chi connectivity index (χ3n) is 2.78. The molecule has 0 saturated carbocycles. The monoisotopic (exact) mass is 205 g/mol. The van der Waals surface area contributed by atoms with E-state index in [1.165, 1.54) is 16.7 Å². The van der Waals surface area contributed by atoms with Crippen molar-refractivity contribution < 1.29 is 0 Å². The SMILES string of the molecule is CCNCc1cc(C(C)(C)C)ccc1C. The molecule has 1 heteroatoms. The third kappa shape index (κ3) is 3.35. The van der Waals surface area contributed by atoms with Gasteiger partial charge in [0, 0.05) is 6.54 Å². The minimum Gasteiger partial charge on any atom is -0.313 e. The summed E-state index contributed by atoms with van der Waals surface area (Å²) in [7, 11) is 0. The number of aryl methyl sites for hydroxylation is 1. The zero-order valence-corrected chi connectivity index (χ0v) is 10.6. The van der Waals surface area contributed by atoms with Gasteiger partial charge in [-0.25, -0.2) is 0 Å². The largest absolute Gasteiger partial charge is 0.313 e. The van der Waals surface area contributed by atoms with Crippen molar-refractivity contribution in [3.8, 4) is 0 Å². The maximum absolute atomic E-state index is 3.38. The van der Waals surface area contributed by atoms with Gasteiger partial charge in [-0.05, 0) is 35.6 Å². The fourth-order valence-corrected chi connectivity index (χ4v) is 1.59. The van der Waals surface area contributed by atoms with Crippen LogP contribution in [0.2, 0.25) is 0 Å². The molecule has 0 spiro atoms. The lowest BCUT2D eigenvalue weighted by Gasteiger charge is -2.21. The molecule has 15 heavy (non-hydrogen) atoms. The number of benzene rings is 1. The molecular formula is C14H23N. The van der Waals surface area contributed by atoms with E-state index in [2.05, 4.69) is 58.1 Å². The van der Waals surface area contributed by atoms with Gasteiger partial charge in [0.05, 0.1) is 0 Å². The summed E-state index contributed by atoms with van der Waals surface area (Å²) in [6.07, 6.45) is 0. The molecule has 84 valence electrons. The molecule has 1 aromatic rings. The van der Waals surface area contributed by atoms with Gasteiger partial charge in [-0.3, -0.25) is 0 Å². The lowest BCUT2D eigenvalue weighted by Crippen LogP contribution is -2.15. The molecule has 0 unspecified atom stereocenters. The van der Waals surface area contributed by atoms with E-state index in [9.17, 15) is 0 Å². The van der Waals surface area contributed by atoms with E-state index in [0.717, 1.165) is 13.1 Å². The van der Waals surface area contributed by atoms with Crippen molar-refractivity contribution in [3.05, 3.63) is 34.9 Å². The van der Waals surface area contributed by atoms with Gasteiger partial charge in [0.25, 0.3) is 0 Å². The van der Waals surface area contributed by atoms with E-state index in [-0.39, 0.29) is 5.41 Å². The molecule has 1 N–H and O–H groups in total.